The van der Waals surface area contributed by atoms with Gasteiger partial charge < -0.3 is 10.1 Å². The zero-order valence-corrected chi connectivity index (χ0v) is 7.92. The zero-order valence-electron chi connectivity index (χ0n) is 7.92. The van der Waals surface area contributed by atoms with Crippen molar-refractivity contribution in [3.8, 4) is 0 Å². The number of morpholine rings is 1. The van der Waals surface area contributed by atoms with Crippen LogP contribution in [-0.4, -0.2) is 19.7 Å². The Balaban J connectivity index is 2.14. The van der Waals surface area contributed by atoms with Crippen molar-refractivity contribution in [3.63, 3.8) is 0 Å². The fraction of sp³-hybridized carbons (Fsp3) is 0.455. The normalized spacial score (nSPS) is 23.0. The number of hydrogen-bond donors (Lipinski definition) is 1. The van der Waals surface area contributed by atoms with Crippen molar-refractivity contribution in [3.05, 3.63) is 35.4 Å². The van der Waals surface area contributed by atoms with Crippen molar-refractivity contribution in [2.45, 2.75) is 13.0 Å². The number of hydrogen-bond acceptors (Lipinski definition) is 2. The third-order valence-corrected chi connectivity index (χ3v) is 2.34. The summed E-state index contributed by atoms with van der Waals surface area (Å²) in [4.78, 5) is 0. The zero-order chi connectivity index (χ0) is 9.10. The second-order valence-corrected chi connectivity index (χ2v) is 3.48. The Bertz CT molecular complexity index is 279. The van der Waals surface area contributed by atoms with Crippen LogP contribution in [0.1, 0.15) is 17.2 Å². The van der Waals surface area contributed by atoms with Gasteiger partial charge in [0.25, 0.3) is 0 Å². The van der Waals surface area contributed by atoms with Crippen molar-refractivity contribution in [1.29, 1.82) is 0 Å². The van der Waals surface area contributed by atoms with Gasteiger partial charge in [-0.1, -0.05) is 29.8 Å². The maximum absolute atomic E-state index is 5.66. The van der Waals surface area contributed by atoms with Gasteiger partial charge >= 0.3 is 0 Å². The molecule has 0 spiro atoms. The van der Waals surface area contributed by atoms with E-state index < -0.39 is 0 Å². The Kier molecular flexibility index (Phi) is 2.62. The molecular weight excluding hydrogens is 162 g/mol. The molecule has 1 aromatic rings. The third-order valence-electron chi connectivity index (χ3n) is 2.34. The lowest BCUT2D eigenvalue weighted by atomic mass is 10.1. The lowest BCUT2D eigenvalue weighted by Crippen LogP contribution is -2.33. The molecule has 1 aliphatic rings. The van der Waals surface area contributed by atoms with Crippen LogP contribution in [0.3, 0.4) is 0 Å². The second kappa shape index (κ2) is 3.90. The summed E-state index contributed by atoms with van der Waals surface area (Å²) < 4.78 is 5.66. The molecule has 2 nitrogen and oxygen atoms in total. The molecule has 0 saturated carbocycles. The maximum Gasteiger partial charge on any atom is 0.0949 e. The number of benzene rings is 1. The highest BCUT2D eigenvalue weighted by atomic mass is 16.5. The lowest BCUT2D eigenvalue weighted by molar-refractivity contribution is 0.0277. The van der Waals surface area contributed by atoms with E-state index in [1.807, 2.05) is 0 Å². The van der Waals surface area contributed by atoms with Gasteiger partial charge in [0.2, 0.25) is 0 Å². The van der Waals surface area contributed by atoms with E-state index in [9.17, 15) is 0 Å². The molecule has 13 heavy (non-hydrogen) atoms. The predicted octanol–water partition coefficient (Wildman–Crippen LogP) is 1.66. The highest BCUT2D eigenvalue weighted by molar-refractivity contribution is 5.24. The van der Waals surface area contributed by atoms with Gasteiger partial charge in [-0.15, -0.1) is 0 Å². The van der Waals surface area contributed by atoms with Gasteiger partial charge in [0.05, 0.1) is 12.7 Å². The molecule has 2 heteroatoms. The molecule has 0 aromatic heterocycles. The minimum atomic E-state index is 0.244. The Morgan fingerprint density at radius 3 is 3.08 bits per heavy atom. The van der Waals surface area contributed by atoms with Crippen molar-refractivity contribution in [2.24, 2.45) is 0 Å². The number of aryl methyl sites for hydroxylation is 1. The van der Waals surface area contributed by atoms with E-state index >= 15 is 0 Å². The first-order chi connectivity index (χ1) is 6.36. The molecule has 0 aliphatic carbocycles. The topological polar surface area (TPSA) is 21.3 Å². The third kappa shape index (κ3) is 2.08. The van der Waals surface area contributed by atoms with Crippen LogP contribution < -0.4 is 5.32 Å². The Labute approximate surface area is 78.9 Å². The van der Waals surface area contributed by atoms with Crippen LogP contribution in [0.5, 0.6) is 0 Å². The van der Waals surface area contributed by atoms with Gasteiger partial charge in [0.1, 0.15) is 0 Å². The van der Waals surface area contributed by atoms with E-state index in [2.05, 4.69) is 36.5 Å². The second-order valence-electron chi connectivity index (χ2n) is 3.48. The van der Waals surface area contributed by atoms with Gasteiger partial charge in [0.15, 0.2) is 0 Å². The number of nitrogens with one attached hydrogen (secondary N) is 1. The maximum atomic E-state index is 5.66. The van der Waals surface area contributed by atoms with Gasteiger partial charge in [0, 0.05) is 13.1 Å². The lowest BCUT2D eigenvalue weighted by Gasteiger charge is -2.24. The van der Waals surface area contributed by atoms with Crippen LogP contribution in [0.15, 0.2) is 24.3 Å². The van der Waals surface area contributed by atoms with E-state index in [0.717, 1.165) is 19.7 Å². The summed E-state index contributed by atoms with van der Waals surface area (Å²) in [6.07, 6.45) is 0.244. The van der Waals surface area contributed by atoms with E-state index in [4.69, 9.17) is 4.74 Å². The highest BCUT2D eigenvalue weighted by Gasteiger charge is 2.14. The Morgan fingerprint density at radius 2 is 2.38 bits per heavy atom. The predicted molar refractivity (Wildman–Crippen MR) is 52.7 cm³/mol. The summed E-state index contributed by atoms with van der Waals surface area (Å²) in [5, 5.41) is 3.33. The molecule has 70 valence electrons. The average molecular weight is 177 g/mol. The van der Waals surface area contributed by atoms with Crippen LogP contribution in [0.25, 0.3) is 0 Å². The van der Waals surface area contributed by atoms with Gasteiger partial charge in [-0.2, -0.15) is 0 Å². The largest absolute Gasteiger partial charge is 0.371 e. The van der Waals surface area contributed by atoms with Gasteiger partial charge in [-0.05, 0) is 12.5 Å². The van der Waals surface area contributed by atoms with Crippen LogP contribution in [0.4, 0.5) is 0 Å². The molecule has 1 aliphatic heterocycles. The molecule has 0 amide bonds. The Hall–Kier alpha value is -0.860. The molecule has 1 N–H and O–H groups in total. The number of ether oxygens (including phenoxy) is 1. The molecule has 0 unspecified atom stereocenters. The monoisotopic (exact) mass is 177 g/mol. The Morgan fingerprint density at radius 1 is 1.46 bits per heavy atom. The molecule has 1 heterocycles. The molecule has 1 aromatic carbocycles. The SMILES string of the molecule is Cc1cccc([C@H]2CNCCO2)c1. The van der Waals surface area contributed by atoms with E-state index in [1.165, 1.54) is 11.1 Å². The molecule has 0 bridgehead atoms. The molecule has 2 rings (SSSR count). The van der Waals surface area contributed by atoms with Crippen LogP contribution in [-0.2, 0) is 4.74 Å². The molecule has 1 fully saturated rings. The minimum absolute atomic E-state index is 0.244. The van der Waals surface area contributed by atoms with Gasteiger partial charge in [-0.3, -0.25) is 0 Å². The molecule has 0 radical (unpaired) electrons. The first-order valence-corrected chi connectivity index (χ1v) is 4.75. The fourth-order valence-corrected chi connectivity index (χ4v) is 1.65. The van der Waals surface area contributed by atoms with Crippen LogP contribution in [0, 0.1) is 6.92 Å². The minimum Gasteiger partial charge on any atom is -0.371 e. The van der Waals surface area contributed by atoms with E-state index in [1.54, 1.807) is 0 Å². The average Bonchev–Trinajstić information content (AvgIpc) is 2.19. The fourth-order valence-electron chi connectivity index (χ4n) is 1.65. The van der Waals surface area contributed by atoms with Crippen molar-refractivity contribution in [1.82, 2.24) is 5.32 Å². The first-order valence-electron chi connectivity index (χ1n) is 4.75. The summed E-state index contributed by atoms with van der Waals surface area (Å²) >= 11 is 0. The molecule has 1 saturated heterocycles. The highest BCUT2D eigenvalue weighted by Crippen LogP contribution is 2.19. The summed E-state index contributed by atoms with van der Waals surface area (Å²) in [6, 6.07) is 8.52. The quantitative estimate of drug-likeness (QED) is 0.704. The number of rotatable bonds is 1. The van der Waals surface area contributed by atoms with Gasteiger partial charge in [-0.25, -0.2) is 0 Å². The molecule has 1 atom stereocenters. The standard InChI is InChI=1S/C11H15NO/c1-9-3-2-4-10(7-9)11-8-12-5-6-13-11/h2-4,7,11-12H,5-6,8H2,1H3/t11-/m1/s1. The van der Waals surface area contributed by atoms with E-state index in [0.29, 0.717) is 0 Å². The van der Waals surface area contributed by atoms with Crippen LogP contribution in [0.2, 0.25) is 0 Å². The van der Waals surface area contributed by atoms with E-state index in [-0.39, 0.29) is 6.10 Å². The van der Waals surface area contributed by atoms with Crippen molar-refractivity contribution >= 4 is 0 Å². The summed E-state index contributed by atoms with van der Waals surface area (Å²) in [5.74, 6) is 0. The van der Waals surface area contributed by atoms with Crippen molar-refractivity contribution < 1.29 is 4.74 Å². The molecular formula is C11H15NO. The first kappa shape index (κ1) is 8.73. The smallest absolute Gasteiger partial charge is 0.0949 e. The summed E-state index contributed by atoms with van der Waals surface area (Å²) in [5.41, 5.74) is 2.58. The summed E-state index contributed by atoms with van der Waals surface area (Å²) in [7, 11) is 0. The van der Waals surface area contributed by atoms with Crippen molar-refractivity contribution in [2.75, 3.05) is 19.7 Å². The summed E-state index contributed by atoms with van der Waals surface area (Å²) in [6.45, 7) is 4.84. The van der Waals surface area contributed by atoms with Crippen LogP contribution >= 0.6 is 0 Å².